The number of carbonyl (C=O) groups is 1. The topological polar surface area (TPSA) is 139 Å². The highest BCUT2D eigenvalue weighted by atomic mass is 35.5. The molecule has 0 bridgehead atoms. The van der Waals surface area contributed by atoms with Gasteiger partial charge in [-0.1, -0.05) is 11.6 Å². The van der Waals surface area contributed by atoms with Crippen LogP contribution in [0.15, 0.2) is 30.9 Å². The number of rotatable bonds is 4. The maximum absolute atomic E-state index is 12.7. The zero-order valence-electron chi connectivity index (χ0n) is 15.9. The number of aromatic nitrogens is 6. The summed E-state index contributed by atoms with van der Waals surface area (Å²) in [7, 11) is 0. The van der Waals surface area contributed by atoms with Gasteiger partial charge < -0.3 is 25.3 Å². The highest BCUT2D eigenvalue weighted by molar-refractivity contribution is 6.31. The summed E-state index contributed by atoms with van der Waals surface area (Å²) in [4.78, 5) is 34.5. The molecule has 4 N–H and O–H groups in total. The second-order valence-corrected chi connectivity index (χ2v) is 7.80. The van der Waals surface area contributed by atoms with Crippen molar-refractivity contribution in [1.29, 1.82) is 0 Å². The summed E-state index contributed by atoms with van der Waals surface area (Å²) in [6.45, 7) is 0.616. The maximum Gasteiger partial charge on any atom is 0.223 e. The van der Waals surface area contributed by atoms with Gasteiger partial charge in [-0.3, -0.25) is 4.79 Å². The summed E-state index contributed by atoms with van der Waals surface area (Å²) < 4.78 is 1.76. The van der Waals surface area contributed by atoms with Crippen molar-refractivity contribution in [3.63, 3.8) is 0 Å². The van der Waals surface area contributed by atoms with E-state index in [-0.39, 0.29) is 30.7 Å². The Labute approximate surface area is 175 Å². The number of nitrogens with one attached hydrogen (secondary N) is 1. The van der Waals surface area contributed by atoms with Crippen LogP contribution in [0, 0.1) is 0 Å². The SMILES string of the molecule is Nc1ncnc2c1ncn2[C@@H]1CN(C(=O)CCc2nc3ccc(Cl)cc3[nH]2)C[C@H]1O. The molecular formula is C19H19ClN8O2. The van der Waals surface area contributed by atoms with Crippen LogP contribution in [0.25, 0.3) is 22.2 Å². The van der Waals surface area contributed by atoms with Gasteiger partial charge in [0.2, 0.25) is 5.91 Å². The number of anilines is 1. The van der Waals surface area contributed by atoms with E-state index in [1.165, 1.54) is 6.33 Å². The Morgan fingerprint density at radius 3 is 3.03 bits per heavy atom. The van der Waals surface area contributed by atoms with Crippen LogP contribution in [0.3, 0.4) is 0 Å². The highest BCUT2D eigenvalue weighted by Crippen LogP contribution is 2.27. The van der Waals surface area contributed by atoms with Crippen LogP contribution in [0.4, 0.5) is 5.82 Å². The third kappa shape index (κ3) is 3.23. The molecule has 1 saturated heterocycles. The van der Waals surface area contributed by atoms with Gasteiger partial charge in [0.05, 0.1) is 29.5 Å². The average Bonchev–Trinajstić information content (AvgIpc) is 3.42. The van der Waals surface area contributed by atoms with Gasteiger partial charge in [0.1, 0.15) is 17.7 Å². The minimum atomic E-state index is -0.726. The summed E-state index contributed by atoms with van der Waals surface area (Å²) in [6, 6.07) is 5.08. The van der Waals surface area contributed by atoms with Gasteiger partial charge in [0.25, 0.3) is 0 Å². The lowest BCUT2D eigenvalue weighted by Crippen LogP contribution is -2.29. The molecule has 4 aromatic rings. The summed E-state index contributed by atoms with van der Waals surface area (Å²) in [5.41, 5.74) is 8.52. The first-order valence-corrected chi connectivity index (χ1v) is 9.90. The van der Waals surface area contributed by atoms with Crippen LogP contribution in [0.5, 0.6) is 0 Å². The molecule has 1 fully saturated rings. The fourth-order valence-electron chi connectivity index (χ4n) is 3.90. The Bertz CT molecular complexity index is 1250. The normalized spacial score (nSPS) is 19.2. The van der Waals surface area contributed by atoms with Crippen molar-refractivity contribution >= 4 is 45.5 Å². The summed E-state index contributed by atoms with van der Waals surface area (Å²) >= 11 is 6.00. The number of aliphatic hydroxyl groups is 1. The number of nitrogens with zero attached hydrogens (tertiary/aromatic N) is 6. The molecule has 0 saturated carbocycles. The van der Waals surface area contributed by atoms with Gasteiger partial charge >= 0.3 is 0 Å². The molecule has 2 atom stereocenters. The van der Waals surface area contributed by atoms with E-state index >= 15 is 0 Å². The Hall–Kier alpha value is -3.24. The molecule has 0 aliphatic carbocycles. The number of nitrogens with two attached hydrogens (primary N) is 1. The van der Waals surface area contributed by atoms with E-state index in [2.05, 4.69) is 24.9 Å². The zero-order chi connectivity index (χ0) is 20.8. The Kier molecular flexibility index (Phi) is 4.52. The fraction of sp³-hybridized carbons (Fsp3) is 0.316. The van der Waals surface area contributed by atoms with Gasteiger partial charge in [0, 0.05) is 31.0 Å². The standard InChI is InChI=1S/C19H19ClN8O2/c20-10-1-2-11-12(5-10)26-15(25-11)3-4-16(30)27-6-13(14(29)7-27)28-9-24-17-18(21)22-8-23-19(17)28/h1-2,5,8-9,13-14,29H,3-4,6-7H2,(H,25,26)(H2,21,22,23)/t13-,14-/m1/s1. The average molecular weight is 427 g/mol. The molecule has 1 aromatic carbocycles. The molecule has 10 nitrogen and oxygen atoms in total. The number of likely N-dealkylation sites (tertiary alicyclic amines) is 1. The molecule has 0 radical (unpaired) electrons. The van der Waals surface area contributed by atoms with E-state index in [1.807, 2.05) is 12.1 Å². The molecule has 5 rings (SSSR count). The van der Waals surface area contributed by atoms with Crippen LogP contribution in [0.1, 0.15) is 18.3 Å². The lowest BCUT2D eigenvalue weighted by atomic mass is 10.2. The number of β-amino-alcohol motifs (C(OH)–C–C–N with tert-alkyl or cyclic N) is 1. The lowest BCUT2D eigenvalue weighted by Gasteiger charge is -2.17. The number of amides is 1. The molecule has 3 aromatic heterocycles. The van der Waals surface area contributed by atoms with Gasteiger partial charge in [0.15, 0.2) is 11.5 Å². The van der Waals surface area contributed by atoms with Gasteiger partial charge in [-0.15, -0.1) is 0 Å². The Morgan fingerprint density at radius 1 is 1.30 bits per heavy atom. The molecule has 0 spiro atoms. The van der Waals surface area contributed by atoms with Crippen molar-refractivity contribution in [2.75, 3.05) is 18.8 Å². The quantitative estimate of drug-likeness (QED) is 0.447. The summed E-state index contributed by atoms with van der Waals surface area (Å²) in [5, 5.41) is 11.2. The maximum atomic E-state index is 12.7. The first kappa shape index (κ1) is 18.8. The van der Waals surface area contributed by atoms with E-state index in [0.717, 1.165) is 16.9 Å². The van der Waals surface area contributed by atoms with Gasteiger partial charge in [-0.2, -0.15) is 0 Å². The van der Waals surface area contributed by atoms with Crippen molar-refractivity contribution < 1.29 is 9.90 Å². The number of hydrogen-bond donors (Lipinski definition) is 3. The van der Waals surface area contributed by atoms with Crippen LogP contribution in [-0.2, 0) is 11.2 Å². The van der Waals surface area contributed by atoms with Gasteiger partial charge in [-0.25, -0.2) is 19.9 Å². The van der Waals surface area contributed by atoms with Crippen molar-refractivity contribution in [3.8, 4) is 0 Å². The molecule has 154 valence electrons. The second-order valence-electron chi connectivity index (χ2n) is 7.36. The molecule has 4 heterocycles. The Morgan fingerprint density at radius 2 is 2.17 bits per heavy atom. The third-order valence-corrected chi connectivity index (χ3v) is 5.66. The smallest absolute Gasteiger partial charge is 0.223 e. The number of aryl methyl sites for hydroxylation is 1. The van der Waals surface area contributed by atoms with Crippen molar-refractivity contribution in [2.24, 2.45) is 0 Å². The molecule has 1 aliphatic heterocycles. The van der Waals surface area contributed by atoms with E-state index in [1.54, 1.807) is 21.9 Å². The number of H-pyrrole nitrogens is 1. The fourth-order valence-corrected chi connectivity index (χ4v) is 4.07. The van der Waals surface area contributed by atoms with Crippen LogP contribution in [0.2, 0.25) is 5.02 Å². The van der Waals surface area contributed by atoms with Crippen LogP contribution >= 0.6 is 11.6 Å². The van der Waals surface area contributed by atoms with E-state index in [0.29, 0.717) is 29.2 Å². The number of benzene rings is 1. The number of hydrogen-bond acceptors (Lipinski definition) is 7. The van der Waals surface area contributed by atoms with E-state index in [4.69, 9.17) is 17.3 Å². The molecular weight excluding hydrogens is 408 g/mol. The minimum absolute atomic E-state index is 0.0476. The number of imidazole rings is 2. The second kappa shape index (κ2) is 7.22. The number of halogens is 1. The lowest BCUT2D eigenvalue weighted by molar-refractivity contribution is -0.130. The highest BCUT2D eigenvalue weighted by Gasteiger charge is 2.36. The Balaban J connectivity index is 1.28. The van der Waals surface area contributed by atoms with Crippen LogP contribution < -0.4 is 5.73 Å². The predicted molar refractivity (Wildman–Crippen MR) is 111 cm³/mol. The third-order valence-electron chi connectivity index (χ3n) is 5.42. The van der Waals surface area contributed by atoms with Crippen molar-refractivity contribution in [2.45, 2.75) is 25.0 Å². The van der Waals surface area contributed by atoms with Crippen LogP contribution in [-0.4, -0.2) is 64.6 Å². The monoisotopic (exact) mass is 426 g/mol. The van der Waals surface area contributed by atoms with Crippen molar-refractivity contribution in [3.05, 3.63) is 41.7 Å². The molecule has 11 heteroatoms. The zero-order valence-corrected chi connectivity index (χ0v) is 16.6. The van der Waals surface area contributed by atoms with Crippen molar-refractivity contribution in [1.82, 2.24) is 34.4 Å². The molecule has 1 amide bonds. The summed E-state index contributed by atoms with van der Waals surface area (Å²) in [5.74, 6) is 0.963. The molecule has 1 aliphatic rings. The number of aromatic amines is 1. The van der Waals surface area contributed by atoms with E-state index in [9.17, 15) is 9.90 Å². The number of fused-ring (bicyclic) bond motifs is 2. The number of nitrogen functional groups attached to an aromatic ring is 1. The van der Waals surface area contributed by atoms with E-state index < -0.39 is 6.10 Å². The largest absolute Gasteiger partial charge is 0.389 e. The number of aliphatic hydroxyl groups excluding tert-OH is 1. The molecule has 30 heavy (non-hydrogen) atoms. The summed E-state index contributed by atoms with van der Waals surface area (Å²) in [6.07, 6.45) is 2.97. The molecule has 0 unspecified atom stereocenters. The predicted octanol–water partition coefficient (Wildman–Crippen LogP) is 1.32. The first-order chi connectivity index (χ1) is 14.5. The van der Waals surface area contributed by atoms with Gasteiger partial charge in [-0.05, 0) is 18.2 Å². The number of carbonyl (C=O) groups excluding carboxylic acids is 1. The minimum Gasteiger partial charge on any atom is -0.389 e. The first-order valence-electron chi connectivity index (χ1n) is 9.52.